The maximum Gasteiger partial charge on any atom is 0.218 e. The fourth-order valence-electron chi connectivity index (χ4n) is 2.43. The molecule has 1 aromatic rings. The average Bonchev–Trinajstić information content (AvgIpc) is 3.18. The lowest BCUT2D eigenvalue weighted by molar-refractivity contribution is 0.338. The number of unbranched alkanes of at least 4 members (excludes halogenated alkanes) is 1. The molecular weight excluding hydrogens is 288 g/mol. The zero-order valence-corrected chi connectivity index (χ0v) is 13.3. The molecule has 0 amide bonds. The number of ether oxygens (including phenoxy) is 1. The van der Waals surface area contributed by atoms with Gasteiger partial charge in [-0.15, -0.1) is 0 Å². The van der Waals surface area contributed by atoms with Gasteiger partial charge in [0.2, 0.25) is 14.8 Å². The number of hydrogen-bond acceptors (Lipinski definition) is 4. The summed E-state index contributed by atoms with van der Waals surface area (Å²) in [6.45, 7) is 3.77. The SMILES string of the molecule is CCCC[C@@H]1O[C@]1(/C=C/CO)S(=O)(=O)c1ccc(C)cc1. The van der Waals surface area contributed by atoms with Gasteiger partial charge >= 0.3 is 0 Å². The quantitative estimate of drug-likeness (QED) is 0.621. The molecule has 1 aliphatic rings. The molecule has 4 nitrogen and oxygen atoms in total. The highest BCUT2D eigenvalue weighted by Gasteiger charge is 2.64. The minimum Gasteiger partial charge on any atom is -0.392 e. The van der Waals surface area contributed by atoms with Gasteiger partial charge in [-0.25, -0.2) is 8.42 Å². The second-order valence-corrected chi connectivity index (χ2v) is 7.49. The third-order valence-corrected chi connectivity index (χ3v) is 5.97. The molecule has 0 spiro atoms. The molecule has 0 saturated carbocycles. The minimum absolute atomic E-state index is 0.199. The number of sulfone groups is 1. The third-order valence-electron chi connectivity index (χ3n) is 3.74. The van der Waals surface area contributed by atoms with Gasteiger partial charge in [-0.2, -0.15) is 0 Å². The van der Waals surface area contributed by atoms with Crippen molar-refractivity contribution in [3.63, 3.8) is 0 Å². The summed E-state index contributed by atoms with van der Waals surface area (Å²) in [7, 11) is -3.62. The van der Waals surface area contributed by atoms with Gasteiger partial charge in [0.25, 0.3) is 0 Å². The number of aryl methyl sites for hydroxylation is 1. The van der Waals surface area contributed by atoms with Gasteiger partial charge in [0.05, 0.1) is 11.5 Å². The number of epoxide rings is 1. The predicted molar refractivity (Wildman–Crippen MR) is 81.7 cm³/mol. The van der Waals surface area contributed by atoms with Crippen LogP contribution in [0, 0.1) is 6.92 Å². The van der Waals surface area contributed by atoms with Gasteiger partial charge in [-0.05, 0) is 31.6 Å². The average molecular weight is 310 g/mol. The fourth-order valence-corrected chi connectivity index (χ4v) is 4.27. The summed E-state index contributed by atoms with van der Waals surface area (Å²) in [6, 6.07) is 6.77. The Balaban J connectivity index is 2.33. The highest BCUT2D eigenvalue weighted by atomic mass is 32.2. The Hall–Kier alpha value is -1.17. The third kappa shape index (κ3) is 3.05. The van der Waals surface area contributed by atoms with Crippen molar-refractivity contribution in [3.8, 4) is 0 Å². The Bertz CT molecular complexity index is 604. The van der Waals surface area contributed by atoms with Gasteiger partial charge in [0.1, 0.15) is 6.10 Å². The Morgan fingerprint density at radius 3 is 2.57 bits per heavy atom. The molecule has 5 heteroatoms. The van der Waals surface area contributed by atoms with Crippen molar-refractivity contribution in [3.05, 3.63) is 42.0 Å². The van der Waals surface area contributed by atoms with Crippen molar-refractivity contribution >= 4 is 9.84 Å². The van der Waals surface area contributed by atoms with Crippen molar-refractivity contribution < 1.29 is 18.3 Å². The van der Waals surface area contributed by atoms with Gasteiger partial charge in [-0.1, -0.05) is 43.5 Å². The van der Waals surface area contributed by atoms with E-state index in [0.717, 1.165) is 18.4 Å². The van der Waals surface area contributed by atoms with Crippen LogP contribution in [0.3, 0.4) is 0 Å². The molecule has 21 heavy (non-hydrogen) atoms. The molecule has 1 aliphatic heterocycles. The molecule has 2 rings (SSSR count). The van der Waals surface area contributed by atoms with E-state index >= 15 is 0 Å². The first kappa shape index (κ1) is 16.2. The molecular formula is C16H22O4S. The van der Waals surface area contributed by atoms with Gasteiger partial charge in [0, 0.05) is 0 Å². The van der Waals surface area contributed by atoms with Crippen LogP contribution < -0.4 is 0 Å². The Morgan fingerprint density at radius 2 is 2.00 bits per heavy atom. The zero-order valence-electron chi connectivity index (χ0n) is 12.5. The fraction of sp³-hybridized carbons (Fsp3) is 0.500. The van der Waals surface area contributed by atoms with Crippen LogP contribution in [0.4, 0.5) is 0 Å². The van der Waals surface area contributed by atoms with E-state index in [2.05, 4.69) is 6.92 Å². The first-order valence-corrected chi connectivity index (χ1v) is 8.74. The Labute approximate surface area is 126 Å². The van der Waals surface area contributed by atoms with Crippen LogP contribution in [0.2, 0.25) is 0 Å². The van der Waals surface area contributed by atoms with E-state index in [0.29, 0.717) is 6.42 Å². The molecule has 0 aliphatic carbocycles. The number of aliphatic hydroxyl groups excluding tert-OH is 1. The Kier molecular flexibility index (Phi) is 4.86. The summed E-state index contributed by atoms with van der Waals surface area (Å²) in [5.74, 6) is 0. The molecule has 0 unspecified atom stereocenters. The first-order chi connectivity index (χ1) is 9.98. The van der Waals surface area contributed by atoms with E-state index in [-0.39, 0.29) is 17.6 Å². The minimum atomic E-state index is -3.62. The maximum atomic E-state index is 12.8. The summed E-state index contributed by atoms with van der Waals surface area (Å²) in [6.07, 6.45) is 5.22. The lowest BCUT2D eigenvalue weighted by Gasteiger charge is -2.11. The topological polar surface area (TPSA) is 66.9 Å². The van der Waals surface area contributed by atoms with Crippen LogP contribution in [0.1, 0.15) is 31.7 Å². The van der Waals surface area contributed by atoms with E-state index in [4.69, 9.17) is 9.84 Å². The van der Waals surface area contributed by atoms with Crippen LogP contribution in [0.5, 0.6) is 0 Å². The normalized spacial score (nSPS) is 25.4. The zero-order chi connectivity index (χ0) is 15.5. The van der Waals surface area contributed by atoms with E-state index < -0.39 is 14.8 Å². The van der Waals surface area contributed by atoms with E-state index in [1.165, 1.54) is 12.2 Å². The standard InChI is InChI=1S/C16H22O4S/c1-3-4-6-15-16(20-15,11-5-12-17)21(18,19)14-9-7-13(2)8-10-14/h5,7-11,15,17H,3-4,6,12H2,1-2H3/b11-5+/t15-,16+/m0/s1. The van der Waals surface area contributed by atoms with Crippen LogP contribution in [-0.4, -0.2) is 31.2 Å². The Morgan fingerprint density at radius 1 is 1.33 bits per heavy atom. The summed E-state index contributed by atoms with van der Waals surface area (Å²) >= 11 is 0. The largest absolute Gasteiger partial charge is 0.392 e. The molecule has 1 aromatic carbocycles. The second-order valence-electron chi connectivity index (χ2n) is 5.37. The first-order valence-electron chi connectivity index (χ1n) is 7.25. The highest BCUT2D eigenvalue weighted by molar-refractivity contribution is 7.93. The summed E-state index contributed by atoms with van der Waals surface area (Å²) in [5, 5.41) is 8.96. The van der Waals surface area contributed by atoms with Crippen LogP contribution in [0.15, 0.2) is 41.3 Å². The van der Waals surface area contributed by atoms with Crippen LogP contribution in [-0.2, 0) is 14.6 Å². The molecule has 1 N–H and O–H groups in total. The van der Waals surface area contributed by atoms with Crippen molar-refractivity contribution in [2.75, 3.05) is 6.61 Å². The summed E-state index contributed by atoms with van der Waals surface area (Å²) in [5.41, 5.74) is 1.01. The highest BCUT2D eigenvalue weighted by Crippen LogP contribution is 2.48. The van der Waals surface area contributed by atoms with Crippen molar-refractivity contribution in [1.82, 2.24) is 0 Å². The van der Waals surface area contributed by atoms with Gasteiger partial charge in [0.15, 0.2) is 0 Å². The second kappa shape index (κ2) is 6.30. The molecule has 1 fully saturated rings. The lowest BCUT2D eigenvalue weighted by Crippen LogP contribution is -2.26. The molecule has 0 aromatic heterocycles. The van der Waals surface area contributed by atoms with E-state index in [9.17, 15) is 8.42 Å². The number of aliphatic hydroxyl groups is 1. The molecule has 2 atom stereocenters. The predicted octanol–water partition coefficient (Wildman–Crippen LogP) is 2.60. The molecule has 0 bridgehead atoms. The smallest absolute Gasteiger partial charge is 0.218 e. The monoisotopic (exact) mass is 310 g/mol. The number of rotatable bonds is 7. The molecule has 116 valence electrons. The van der Waals surface area contributed by atoms with Crippen LogP contribution >= 0.6 is 0 Å². The molecule has 1 saturated heterocycles. The maximum absolute atomic E-state index is 12.8. The van der Waals surface area contributed by atoms with E-state index in [1.807, 2.05) is 6.92 Å². The van der Waals surface area contributed by atoms with Gasteiger partial charge in [-0.3, -0.25) is 0 Å². The van der Waals surface area contributed by atoms with E-state index in [1.54, 1.807) is 24.3 Å². The molecule has 1 heterocycles. The summed E-state index contributed by atoms with van der Waals surface area (Å²) < 4.78 is 31.3. The lowest BCUT2D eigenvalue weighted by atomic mass is 10.1. The van der Waals surface area contributed by atoms with Crippen molar-refractivity contribution in [1.29, 1.82) is 0 Å². The van der Waals surface area contributed by atoms with Crippen molar-refractivity contribution in [2.24, 2.45) is 0 Å². The van der Waals surface area contributed by atoms with Gasteiger partial charge < -0.3 is 9.84 Å². The van der Waals surface area contributed by atoms with Crippen LogP contribution in [0.25, 0.3) is 0 Å². The molecule has 0 radical (unpaired) electrons. The summed E-state index contributed by atoms with van der Waals surface area (Å²) in [4.78, 5) is -1.05. The number of benzene rings is 1. The number of hydrogen-bond donors (Lipinski definition) is 1. The van der Waals surface area contributed by atoms with Crippen molar-refractivity contribution in [2.45, 2.75) is 49.0 Å².